The van der Waals surface area contributed by atoms with E-state index in [1.165, 1.54) is 89.9 Å². The Bertz CT molecular complexity index is 358. The van der Waals surface area contributed by atoms with Crippen LogP contribution in [-0.2, 0) is 9.47 Å². The van der Waals surface area contributed by atoms with Crippen LogP contribution in [0, 0.1) is 5.92 Å². The van der Waals surface area contributed by atoms with Gasteiger partial charge in [-0.05, 0) is 19.8 Å². The van der Waals surface area contributed by atoms with Gasteiger partial charge in [-0.1, -0.05) is 118 Å². The fourth-order valence-corrected chi connectivity index (χ4v) is 3.82. The molecule has 4 nitrogen and oxygen atoms in total. The molecule has 0 heterocycles. The van der Waals surface area contributed by atoms with Crippen LogP contribution in [0.2, 0.25) is 0 Å². The highest BCUT2D eigenvalue weighted by Crippen LogP contribution is 2.11. The molecule has 0 bridgehead atoms. The summed E-state index contributed by atoms with van der Waals surface area (Å²) in [6.45, 7) is 12.3. The second kappa shape index (κ2) is 25.9. The van der Waals surface area contributed by atoms with Crippen LogP contribution in [0.15, 0.2) is 0 Å². The second-order valence-electron chi connectivity index (χ2n) is 9.79. The molecule has 3 unspecified atom stereocenters. The molecule has 0 aliphatic rings. The van der Waals surface area contributed by atoms with Gasteiger partial charge in [-0.3, -0.25) is 5.32 Å². The van der Waals surface area contributed by atoms with Gasteiger partial charge < -0.3 is 31.6 Å². The molecular formula is C27H58BrNO3. The SMILES string of the molecule is CCCCCCCCCCOC(C)C([NH2+]C(O)C(C)C)OCCCCCCCCCC.[Br-]. The number of rotatable bonds is 24. The van der Waals surface area contributed by atoms with Gasteiger partial charge in [0.25, 0.3) is 0 Å². The van der Waals surface area contributed by atoms with Gasteiger partial charge in [-0.15, -0.1) is 0 Å². The molecule has 0 aliphatic heterocycles. The highest BCUT2D eigenvalue weighted by atomic mass is 79.9. The molecule has 3 atom stereocenters. The maximum Gasteiger partial charge on any atom is 0.218 e. The number of nitrogens with two attached hydrogens (primary N) is 1. The van der Waals surface area contributed by atoms with E-state index in [1.54, 1.807) is 0 Å². The van der Waals surface area contributed by atoms with Crippen molar-refractivity contribution in [2.45, 2.75) is 156 Å². The Labute approximate surface area is 211 Å². The van der Waals surface area contributed by atoms with Crippen molar-refractivity contribution in [1.82, 2.24) is 0 Å². The number of aliphatic hydroxyl groups is 1. The lowest BCUT2D eigenvalue weighted by molar-refractivity contribution is -0.794. The largest absolute Gasteiger partial charge is 1.00 e. The molecular weight excluding hydrogens is 466 g/mol. The van der Waals surface area contributed by atoms with Crippen molar-refractivity contribution in [3.8, 4) is 0 Å². The minimum Gasteiger partial charge on any atom is -1.00 e. The topological polar surface area (TPSA) is 55.3 Å². The van der Waals surface area contributed by atoms with Crippen molar-refractivity contribution in [2.24, 2.45) is 5.92 Å². The summed E-state index contributed by atoms with van der Waals surface area (Å²) in [5.41, 5.74) is 0. The van der Waals surface area contributed by atoms with Crippen LogP contribution < -0.4 is 22.3 Å². The summed E-state index contributed by atoms with van der Waals surface area (Å²) in [6.07, 6.45) is 20.3. The Morgan fingerprint density at radius 1 is 0.594 bits per heavy atom. The summed E-state index contributed by atoms with van der Waals surface area (Å²) in [7, 11) is 0. The molecule has 0 spiro atoms. The lowest BCUT2D eigenvalue weighted by Gasteiger charge is -2.26. The lowest BCUT2D eigenvalue weighted by Crippen LogP contribution is -3.00. The maximum absolute atomic E-state index is 10.3. The fraction of sp³-hybridized carbons (Fsp3) is 1.00. The Hall–Kier alpha value is 0.320. The summed E-state index contributed by atoms with van der Waals surface area (Å²) < 4.78 is 12.3. The number of unbranched alkanes of at least 4 members (excludes halogenated alkanes) is 14. The molecule has 0 saturated heterocycles. The van der Waals surface area contributed by atoms with Crippen LogP contribution >= 0.6 is 0 Å². The van der Waals surface area contributed by atoms with E-state index in [2.05, 4.69) is 20.8 Å². The average molecular weight is 525 g/mol. The zero-order chi connectivity index (χ0) is 23.2. The first-order valence-electron chi connectivity index (χ1n) is 13.8. The number of hydrogen-bond acceptors (Lipinski definition) is 3. The van der Waals surface area contributed by atoms with Gasteiger partial charge >= 0.3 is 0 Å². The van der Waals surface area contributed by atoms with E-state index in [-0.39, 0.29) is 35.2 Å². The Balaban J connectivity index is 0. The maximum atomic E-state index is 10.3. The number of aliphatic hydroxyl groups excluding tert-OH is 1. The summed E-state index contributed by atoms with van der Waals surface area (Å²) >= 11 is 0. The molecule has 0 fully saturated rings. The molecule has 0 aromatic rings. The van der Waals surface area contributed by atoms with Crippen LogP contribution in [0.3, 0.4) is 0 Å². The zero-order valence-electron chi connectivity index (χ0n) is 22.3. The van der Waals surface area contributed by atoms with Crippen LogP contribution in [0.5, 0.6) is 0 Å². The summed E-state index contributed by atoms with van der Waals surface area (Å²) in [4.78, 5) is 0. The zero-order valence-corrected chi connectivity index (χ0v) is 23.8. The van der Waals surface area contributed by atoms with Crippen molar-refractivity contribution in [2.75, 3.05) is 13.2 Å². The number of ether oxygens (including phenoxy) is 2. The van der Waals surface area contributed by atoms with Gasteiger partial charge in [0.05, 0.1) is 6.61 Å². The third-order valence-electron chi connectivity index (χ3n) is 6.22. The fourth-order valence-electron chi connectivity index (χ4n) is 3.82. The van der Waals surface area contributed by atoms with Crippen molar-refractivity contribution < 1.29 is 36.9 Å². The van der Waals surface area contributed by atoms with Crippen LogP contribution in [-0.4, -0.2) is 36.9 Å². The first-order valence-corrected chi connectivity index (χ1v) is 13.8. The van der Waals surface area contributed by atoms with E-state index in [0.717, 1.165) is 26.1 Å². The van der Waals surface area contributed by atoms with Crippen molar-refractivity contribution in [3.63, 3.8) is 0 Å². The van der Waals surface area contributed by atoms with Gasteiger partial charge in [-0.25, -0.2) is 0 Å². The highest BCUT2D eigenvalue weighted by Gasteiger charge is 2.26. The Kier molecular flexibility index (Phi) is 27.9. The van der Waals surface area contributed by atoms with E-state index < -0.39 is 6.23 Å². The Morgan fingerprint density at radius 3 is 1.38 bits per heavy atom. The smallest absolute Gasteiger partial charge is 0.218 e. The van der Waals surface area contributed by atoms with Crippen molar-refractivity contribution in [1.29, 1.82) is 0 Å². The average Bonchev–Trinajstić information content (AvgIpc) is 2.75. The van der Waals surface area contributed by atoms with Crippen LogP contribution in [0.1, 0.15) is 137 Å². The normalized spacial score (nSPS) is 14.3. The van der Waals surface area contributed by atoms with Gasteiger partial charge in [0.1, 0.15) is 6.10 Å². The minimum atomic E-state index is -0.447. The predicted molar refractivity (Wildman–Crippen MR) is 133 cm³/mol. The Morgan fingerprint density at radius 2 is 0.969 bits per heavy atom. The van der Waals surface area contributed by atoms with Crippen LogP contribution in [0.4, 0.5) is 0 Å². The number of hydrogen-bond donors (Lipinski definition) is 2. The van der Waals surface area contributed by atoms with Gasteiger partial charge in [0.2, 0.25) is 6.23 Å². The molecule has 0 aromatic heterocycles. The van der Waals surface area contributed by atoms with E-state index in [0.29, 0.717) is 0 Å². The minimum absolute atomic E-state index is 0. The van der Waals surface area contributed by atoms with Gasteiger partial charge in [0.15, 0.2) is 6.23 Å². The monoisotopic (exact) mass is 523 g/mol. The summed E-state index contributed by atoms with van der Waals surface area (Å²) in [6, 6.07) is 0. The van der Waals surface area contributed by atoms with E-state index in [1.807, 2.05) is 19.2 Å². The highest BCUT2D eigenvalue weighted by molar-refractivity contribution is 4.56. The first-order chi connectivity index (χ1) is 15.0. The molecule has 0 radical (unpaired) electrons. The summed E-state index contributed by atoms with van der Waals surface area (Å²) in [5, 5.41) is 12.3. The number of halogens is 1. The van der Waals surface area contributed by atoms with E-state index in [9.17, 15) is 5.11 Å². The lowest BCUT2D eigenvalue weighted by atomic mass is 10.1. The van der Waals surface area contributed by atoms with E-state index in [4.69, 9.17) is 9.47 Å². The molecule has 0 amide bonds. The van der Waals surface area contributed by atoms with Gasteiger partial charge in [0, 0.05) is 12.5 Å². The first kappa shape index (κ1) is 34.5. The second-order valence-corrected chi connectivity index (χ2v) is 9.79. The molecule has 196 valence electrons. The van der Waals surface area contributed by atoms with Crippen LogP contribution in [0.25, 0.3) is 0 Å². The predicted octanol–water partition coefficient (Wildman–Crippen LogP) is 3.56. The molecule has 32 heavy (non-hydrogen) atoms. The molecule has 0 aromatic carbocycles. The molecule has 5 heteroatoms. The molecule has 3 N–H and O–H groups in total. The number of quaternary nitrogens is 1. The third-order valence-corrected chi connectivity index (χ3v) is 6.22. The van der Waals surface area contributed by atoms with E-state index >= 15 is 0 Å². The quantitative estimate of drug-likeness (QED) is 0.150. The van der Waals surface area contributed by atoms with Crippen molar-refractivity contribution in [3.05, 3.63) is 0 Å². The third kappa shape index (κ3) is 22.1. The molecule has 0 aliphatic carbocycles. The summed E-state index contributed by atoms with van der Waals surface area (Å²) in [5.74, 6) is 0.203. The molecule has 0 rings (SSSR count). The standard InChI is InChI=1S/C27H57NO3.BrH/c1-6-8-10-12-14-16-18-20-22-30-25(5)27(28-26(29)24(3)4)31-23-21-19-17-15-13-11-9-7-2;/h24-29H,6-23H2,1-5H3;1H. The molecule has 0 saturated carbocycles. The van der Waals surface area contributed by atoms with Crippen molar-refractivity contribution >= 4 is 0 Å². The van der Waals surface area contributed by atoms with Gasteiger partial charge in [-0.2, -0.15) is 0 Å².